The van der Waals surface area contributed by atoms with Gasteiger partial charge in [-0.2, -0.15) is 0 Å². The van der Waals surface area contributed by atoms with Crippen molar-refractivity contribution in [2.45, 2.75) is 40.5 Å². The van der Waals surface area contributed by atoms with Crippen LogP contribution in [0.1, 0.15) is 40.5 Å². The maximum atomic E-state index is 11.9. The number of rotatable bonds is 2. The SMILES string of the molecule is CC(C)[C@H]1CC=CC[C@H](C(C)C)C(=O)OC1=O. The summed E-state index contributed by atoms with van der Waals surface area (Å²) in [6.07, 6.45) is 5.32. The van der Waals surface area contributed by atoms with Gasteiger partial charge in [0, 0.05) is 0 Å². The molecule has 96 valence electrons. The number of esters is 2. The Kier molecular flexibility index (Phi) is 4.91. The van der Waals surface area contributed by atoms with Crippen LogP contribution in [0.3, 0.4) is 0 Å². The molecule has 0 bridgehead atoms. The molecule has 2 atom stereocenters. The average Bonchev–Trinajstić information content (AvgIpc) is 2.26. The summed E-state index contributed by atoms with van der Waals surface area (Å²) in [7, 11) is 0. The van der Waals surface area contributed by atoms with Crippen molar-refractivity contribution in [2.24, 2.45) is 23.7 Å². The van der Waals surface area contributed by atoms with E-state index < -0.39 is 0 Å². The molecule has 1 aliphatic rings. The van der Waals surface area contributed by atoms with Crippen LogP contribution in [-0.4, -0.2) is 11.9 Å². The number of allylic oxidation sites excluding steroid dienone is 2. The van der Waals surface area contributed by atoms with E-state index in [1.807, 2.05) is 39.8 Å². The fraction of sp³-hybridized carbons (Fsp3) is 0.714. The van der Waals surface area contributed by atoms with Crippen molar-refractivity contribution in [3.05, 3.63) is 12.2 Å². The normalized spacial score (nSPS) is 26.7. The molecule has 1 aliphatic heterocycles. The van der Waals surface area contributed by atoms with E-state index in [0.29, 0.717) is 12.8 Å². The summed E-state index contributed by atoms with van der Waals surface area (Å²) < 4.78 is 5.00. The number of ether oxygens (including phenoxy) is 1. The van der Waals surface area contributed by atoms with Crippen molar-refractivity contribution in [3.8, 4) is 0 Å². The topological polar surface area (TPSA) is 43.4 Å². The standard InChI is InChI=1S/C14H22O3/c1-9(2)11-7-5-6-8-12(10(3)4)14(16)17-13(11)15/h5-6,9-12H,7-8H2,1-4H3/t11-,12-/m1/s1. The molecule has 0 fully saturated rings. The number of carbonyl (C=O) groups excluding carboxylic acids is 2. The van der Waals surface area contributed by atoms with E-state index in [1.54, 1.807) is 0 Å². The maximum absolute atomic E-state index is 11.9. The zero-order chi connectivity index (χ0) is 13.0. The van der Waals surface area contributed by atoms with Gasteiger partial charge in [0.05, 0.1) is 11.8 Å². The van der Waals surface area contributed by atoms with Crippen molar-refractivity contribution in [1.82, 2.24) is 0 Å². The molecule has 3 nitrogen and oxygen atoms in total. The van der Waals surface area contributed by atoms with Crippen LogP contribution in [0.4, 0.5) is 0 Å². The molecule has 0 unspecified atom stereocenters. The first-order chi connectivity index (χ1) is 7.93. The zero-order valence-electron chi connectivity index (χ0n) is 11.1. The van der Waals surface area contributed by atoms with Gasteiger partial charge in [0.15, 0.2) is 0 Å². The quantitative estimate of drug-likeness (QED) is 0.422. The molecular formula is C14H22O3. The van der Waals surface area contributed by atoms with Gasteiger partial charge >= 0.3 is 11.9 Å². The van der Waals surface area contributed by atoms with E-state index in [2.05, 4.69) is 0 Å². The Morgan fingerprint density at radius 1 is 0.941 bits per heavy atom. The Morgan fingerprint density at radius 2 is 1.29 bits per heavy atom. The van der Waals surface area contributed by atoms with E-state index in [9.17, 15) is 9.59 Å². The molecule has 17 heavy (non-hydrogen) atoms. The Bertz CT molecular complexity index is 285. The van der Waals surface area contributed by atoms with Crippen LogP contribution in [0.5, 0.6) is 0 Å². The average molecular weight is 238 g/mol. The van der Waals surface area contributed by atoms with Gasteiger partial charge in [-0.3, -0.25) is 9.59 Å². The van der Waals surface area contributed by atoms with E-state index in [-0.39, 0.29) is 35.6 Å². The van der Waals surface area contributed by atoms with Gasteiger partial charge in [-0.05, 0) is 24.7 Å². The first-order valence-electron chi connectivity index (χ1n) is 6.34. The van der Waals surface area contributed by atoms with Crippen molar-refractivity contribution in [1.29, 1.82) is 0 Å². The second kappa shape index (κ2) is 5.99. The molecule has 0 aliphatic carbocycles. The van der Waals surface area contributed by atoms with Gasteiger partial charge in [-0.1, -0.05) is 39.8 Å². The fourth-order valence-corrected chi connectivity index (χ4v) is 2.02. The van der Waals surface area contributed by atoms with Crippen LogP contribution in [0.15, 0.2) is 12.2 Å². The molecule has 0 radical (unpaired) electrons. The smallest absolute Gasteiger partial charge is 0.317 e. The van der Waals surface area contributed by atoms with Crippen molar-refractivity contribution < 1.29 is 14.3 Å². The van der Waals surface area contributed by atoms with Crippen LogP contribution in [-0.2, 0) is 14.3 Å². The predicted octanol–water partition coefficient (Wildman–Crippen LogP) is 2.95. The summed E-state index contributed by atoms with van der Waals surface area (Å²) in [4.78, 5) is 23.7. The van der Waals surface area contributed by atoms with Gasteiger partial charge < -0.3 is 4.74 Å². The molecule has 0 aromatic rings. The van der Waals surface area contributed by atoms with Gasteiger partial charge in [-0.15, -0.1) is 0 Å². The third-order valence-electron chi connectivity index (χ3n) is 3.36. The largest absolute Gasteiger partial charge is 0.393 e. The van der Waals surface area contributed by atoms with Crippen LogP contribution >= 0.6 is 0 Å². The van der Waals surface area contributed by atoms with Crippen LogP contribution in [0.25, 0.3) is 0 Å². The zero-order valence-corrected chi connectivity index (χ0v) is 11.1. The van der Waals surface area contributed by atoms with Crippen molar-refractivity contribution >= 4 is 11.9 Å². The first kappa shape index (κ1) is 13.9. The van der Waals surface area contributed by atoms with Gasteiger partial charge in [0.1, 0.15) is 0 Å². The number of carbonyl (C=O) groups is 2. The number of hydrogen-bond acceptors (Lipinski definition) is 3. The monoisotopic (exact) mass is 238 g/mol. The Balaban J connectivity index is 2.85. The lowest BCUT2D eigenvalue weighted by molar-refractivity contribution is -0.167. The number of hydrogen-bond donors (Lipinski definition) is 0. The molecule has 1 heterocycles. The van der Waals surface area contributed by atoms with E-state index in [1.165, 1.54) is 0 Å². The Labute approximate surface area is 103 Å². The van der Waals surface area contributed by atoms with Crippen molar-refractivity contribution in [2.75, 3.05) is 0 Å². The summed E-state index contributed by atoms with van der Waals surface area (Å²) in [6.45, 7) is 7.90. The summed E-state index contributed by atoms with van der Waals surface area (Å²) >= 11 is 0. The molecule has 0 aromatic heterocycles. The molecule has 0 aromatic carbocycles. The van der Waals surface area contributed by atoms with Gasteiger partial charge in [0.25, 0.3) is 0 Å². The molecule has 0 spiro atoms. The van der Waals surface area contributed by atoms with Gasteiger partial charge in [-0.25, -0.2) is 0 Å². The van der Waals surface area contributed by atoms with Gasteiger partial charge in [0.2, 0.25) is 0 Å². The highest BCUT2D eigenvalue weighted by Crippen LogP contribution is 2.24. The van der Waals surface area contributed by atoms with E-state index in [4.69, 9.17) is 4.74 Å². The predicted molar refractivity (Wildman–Crippen MR) is 66.1 cm³/mol. The lowest BCUT2D eigenvalue weighted by Crippen LogP contribution is -2.29. The lowest BCUT2D eigenvalue weighted by Gasteiger charge is -2.19. The third-order valence-corrected chi connectivity index (χ3v) is 3.36. The fourth-order valence-electron chi connectivity index (χ4n) is 2.02. The van der Waals surface area contributed by atoms with E-state index >= 15 is 0 Å². The minimum atomic E-state index is -0.373. The summed E-state index contributed by atoms with van der Waals surface area (Å²) in [5.74, 6) is -0.780. The van der Waals surface area contributed by atoms with Crippen LogP contribution in [0.2, 0.25) is 0 Å². The highest BCUT2D eigenvalue weighted by Gasteiger charge is 2.30. The second-order valence-corrected chi connectivity index (χ2v) is 5.38. The maximum Gasteiger partial charge on any atom is 0.317 e. The summed E-state index contributed by atoms with van der Waals surface area (Å²) in [5.41, 5.74) is 0. The van der Waals surface area contributed by atoms with Crippen LogP contribution < -0.4 is 0 Å². The Hall–Kier alpha value is -1.12. The summed E-state index contributed by atoms with van der Waals surface area (Å²) in [6, 6.07) is 0. The molecule has 3 heteroatoms. The highest BCUT2D eigenvalue weighted by molar-refractivity contribution is 5.88. The lowest BCUT2D eigenvalue weighted by atomic mass is 9.92. The molecular weight excluding hydrogens is 216 g/mol. The summed E-state index contributed by atoms with van der Waals surface area (Å²) in [5, 5.41) is 0. The highest BCUT2D eigenvalue weighted by atomic mass is 16.6. The first-order valence-corrected chi connectivity index (χ1v) is 6.34. The molecule has 0 N–H and O–H groups in total. The molecule has 1 rings (SSSR count). The molecule has 0 saturated heterocycles. The third kappa shape index (κ3) is 3.69. The minimum absolute atomic E-state index is 0.190. The van der Waals surface area contributed by atoms with E-state index in [0.717, 1.165) is 0 Å². The minimum Gasteiger partial charge on any atom is -0.393 e. The number of cyclic esters (lactones) is 2. The molecule has 0 saturated carbocycles. The Morgan fingerprint density at radius 3 is 1.59 bits per heavy atom. The van der Waals surface area contributed by atoms with Crippen molar-refractivity contribution in [3.63, 3.8) is 0 Å². The second-order valence-electron chi connectivity index (χ2n) is 5.38. The van der Waals surface area contributed by atoms with Crippen LogP contribution in [0, 0.1) is 23.7 Å². The molecule has 0 amide bonds.